The lowest BCUT2D eigenvalue weighted by atomic mass is 9.84. The van der Waals surface area contributed by atoms with Crippen molar-refractivity contribution >= 4 is 5.91 Å². The molecule has 0 heterocycles. The second kappa shape index (κ2) is 5.83. The molecule has 4 nitrogen and oxygen atoms in total. The van der Waals surface area contributed by atoms with Crippen LogP contribution in [-0.2, 0) is 4.79 Å². The van der Waals surface area contributed by atoms with Crippen LogP contribution in [-0.4, -0.2) is 19.1 Å². The second-order valence-corrected chi connectivity index (χ2v) is 5.89. The van der Waals surface area contributed by atoms with Crippen molar-refractivity contribution in [1.29, 1.82) is 0 Å². The zero-order valence-electron chi connectivity index (χ0n) is 12.5. The molecule has 110 valence electrons. The number of carbonyl (C=O) groups excluding carboxylic acids is 1. The van der Waals surface area contributed by atoms with Gasteiger partial charge in [0, 0.05) is 6.04 Å². The molecule has 2 unspecified atom stereocenters. The average molecular weight is 276 g/mol. The molecule has 1 aliphatic carbocycles. The molecule has 0 spiro atoms. The maximum absolute atomic E-state index is 12.5. The van der Waals surface area contributed by atoms with Crippen molar-refractivity contribution in [3.8, 4) is 5.75 Å². The Hall–Kier alpha value is -1.55. The van der Waals surface area contributed by atoms with Gasteiger partial charge in [0.25, 0.3) is 0 Å². The van der Waals surface area contributed by atoms with E-state index in [1.54, 1.807) is 7.11 Å². The molecule has 3 atom stereocenters. The molecule has 1 fully saturated rings. The summed E-state index contributed by atoms with van der Waals surface area (Å²) in [6, 6.07) is 7.67. The van der Waals surface area contributed by atoms with Crippen molar-refractivity contribution in [3.63, 3.8) is 0 Å². The highest BCUT2D eigenvalue weighted by atomic mass is 16.5. The Morgan fingerprint density at radius 3 is 2.90 bits per heavy atom. The summed E-state index contributed by atoms with van der Waals surface area (Å²) in [6.07, 6.45) is 2.82. The molecule has 1 aliphatic rings. The van der Waals surface area contributed by atoms with Crippen LogP contribution in [0.3, 0.4) is 0 Å². The third kappa shape index (κ3) is 2.80. The summed E-state index contributed by atoms with van der Waals surface area (Å²) in [7, 11) is 1.64. The number of ether oxygens (including phenoxy) is 1. The molecule has 1 aromatic rings. The lowest BCUT2D eigenvalue weighted by molar-refractivity contribution is -0.131. The van der Waals surface area contributed by atoms with Crippen molar-refractivity contribution in [2.45, 2.75) is 45.2 Å². The number of nitrogens with two attached hydrogens (primary N) is 1. The predicted octanol–water partition coefficient (Wildman–Crippen LogP) is 2.39. The van der Waals surface area contributed by atoms with E-state index in [-0.39, 0.29) is 18.0 Å². The number of carbonyl (C=O) groups is 1. The van der Waals surface area contributed by atoms with Crippen LogP contribution >= 0.6 is 0 Å². The van der Waals surface area contributed by atoms with Crippen molar-refractivity contribution in [1.82, 2.24) is 5.32 Å². The molecular formula is C16H24N2O2. The summed E-state index contributed by atoms with van der Waals surface area (Å²) in [5.41, 5.74) is 6.69. The van der Waals surface area contributed by atoms with Crippen LogP contribution in [0.4, 0.5) is 0 Å². The molecule has 0 saturated heterocycles. The zero-order chi connectivity index (χ0) is 14.8. The van der Waals surface area contributed by atoms with Crippen LogP contribution in [0.1, 0.15) is 44.7 Å². The van der Waals surface area contributed by atoms with Crippen LogP contribution in [0.5, 0.6) is 5.75 Å². The quantitative estimate of drug-likeness (QED) is 0.887. The van der Waals surface area contributed by atoms with E-state index in [1.807, 2.05) is 38.1 Å². The number of amides is 1. The Morgan fingerprint density at radius 1 is 1.55 bits per heavy atom. The van der Waals surface area contributed by atoms with Crippen LogP contribution in [0, 0.1) is 5.41 Å². The van der Waals surface area contributed by atoms with Crippen molar-refractivity contribution in [2.24, 2.45) is 11.1 Å². The van der Waals surface area contributed by atoms with Gasteiger partial charge in [0.15, 0.2) is 0 Å². The standard InChI is InChI=1S/C16H24N2O2/c1-11(12-6-4-7-13(10-12)20-3)18-15(19)16(2)9-5-8-14(16)17/h4,6-7,10-11,14H,5,8-9,17H2,1-3H3,(H,18,19)/t11-,14?,16?/m0/s1. The summed E-state index contributed by atoms with van der Waals surface area (Å²) in [5.74, 6) is 0.852. The number of hydrogen-bond acceptors (Lipinski definition) is 3. The van der Waals surface area contributed by atoms with Gasteiger partial charge in [-0.15, -0.1) is 0 Å². The first-order valence-electron chi connectivity index (χ1n) is 7.18. The Morgan fingerprint density at radius 2 is 2.30 bits per heavy atom. The van der Waals surface area contributed by atoms with Crippen molar-refractivity contribution < 1.29 is 9.53 Å². The van der Waals surface area contributed by atoms with Gasteiger partial charge >= 0.3 is 0 Å². The van der Waals surface area contributed by atoms with Crippen LogP contribution in [0.15, 0.2) is 24.3 Å². The summed E-state index contributed by atoms with van der Waals surface area (Å²) in [5, 5.41) is 3.09. The fourth-order valence-electron chi connectivity index (χ4n) is 2.83. The van der Waals surface area contributed by atoms with Gasteiger partial charge in [-0.1, -0.05) is 18.6 Å². The van der Waals surface area contributed by atoms with E-state index >= 15 is 0 Å². The molecule has 1 aromatic carbocycles. The van der Waals surface area contributed by atoms with Gasteiger partial charge in [-0.25, -0.2) is 0 Å². The van der Waals surface area contributed by atoms with Gasteiger partial charge in [-0.05, 0) is 44.4 Å². The third-order valence-corrected chi connectivity index (χ3v) is 4.49. The number of benzene rings is 1. The fourth-order valence-corrected chi connectivity index (χ4v) is 2.83. The molecule has 0 aromatic heterocycles. The smallest absolute Gasteiger partial charge is 0.227 e. The minimum Gasteiger partial charge on any atom is -0.497 e. The van der Waals surface area contributed by atoms with Crippen molar-refractivity contribution in [2.75, 3.05) is 7.11 Å². The molecule has 1 amide bonds. The maximum Gasteiger partial charge on any atom is 0.227 e. The van der Waals surface area contributed by atoms with E-state index in [0.717, 1.165) is 30.6 Å². The van der Waals surface area contributed by atoms with E-state index in [0.29, 0.717) is 0 Å². The number of hydrogen-bond donors (Lipinski definition) is 2. The van der Waals surface area contributed by atoms with Gasteiger partial charge in [0.05, 0.1) is 18.6 Å². The topological polar surface area (TPSA) is 64.3 Å². The minimum atomic E-state index is -0.437. The fraction of sp³-hybridized carbons (Fsp3) is 0.562. The Balaban J connectivity index is 2.07. The highest BCUT2D eigenvalue weighted by Crippen LogP contribution is 2.37. The lowest BCUT2D eigenvalue weighted by Crippen LogP contribution is -2.47. The highest BCUT2D eigenvalue weighted by molar-refractivity contribution is 5.83. The number of nitrogens with one attached hydrogen (secondary N) is 1. The van der Waals surface area contributed by atoms with E-state index in [2.05, 4.69) is 5.32 Å². The first-order chi connectivity index (χ1) is 9.47. The number of methoxy groups -OCH3 is 1. The molecule has 0 radical (unpaired) electrons. The molecular weight excluding hydrogens is 252 g/mol. The summed E-state index contributed by atoms with van der Waals surface area (Å²) in [6.45, 7) is 3.95. The Labute approximate surface area is 120 Å². The molecule has 2 rings (SSSR count). The van der Waals surface area contributed by atoms with Crippen molar-refractivity contribution in [3.05, 3.63) is 29.8 Å². The first kappa shape index (κ1) is 14.9. The van der Waals surface area contributed by atoms with Gasteiger partial charge in [-0.3, -0.25) is 4.79 Å². The van der Waals surface area contributed by atoms with E-state index in [4.69, 9.17) is 10.5 Å². The van der Waals surface area contributed by atoms with E-state index in [1.165, 1.54) is 0 Å². The number of rotatable bonds is 4. The second-order valence-electron chi connectivity index (χ2n) is 5.89. The summed E-state index contributed by atoms with van der Waals surface area (Å²) >= 11 is 0. The normalized spacial score (nSPS) is 27.1. The zero-order valence-corrected chi connectivity index (χ0v) is 12.5. The average Bonchev–Trinajstić information content (AvgIpc) is 2.80. The molecule has 20 heavy (non-hydrogen) atoms. The third-order valence-electron chi connectivity index (χ3n) is 4.49. The molecule has 1 saturated carbocycles. The van der Waals surface area contributed by atoms with Crippen LogP contribution in [0.25, 0.3) is 0 Å². The lowest BCUT2D eigenvalue weighted by Gasteiger charge is -2.29. The Kier molecular flexibility index (Phi) is 4.33. The first-order valence-corrected chi connectivity index (χ1v) is 7.18. The van der Waals surface area contributed by atoms with Gasteiger partial charge in [-0.2, -0.15) is 0 Å². The summed E-state index contributed by atoms with van der Waals surface area (Å²) < 4.78 is 5.21. The molecule has 0 bridgehead atoms. The molecule has 0 aliphatic heterocycles. The van der Waals surface area contributed by atoms with Gasteiger partial charge < -0.3 is 15.8 Å². The van der Waals surface area contributed by atoms with Gasteiger partial charge in [0.2, 0.25) is 5.91 Å². The predicted molar refractivity (Wildman–Crippen MR) is 79.5 cm³/mol. The molecule has 3 N–H and O–H groups in total. The Bertz CT molecular complexity index is 489. The largest absolute Gasteiger partial charge is 0.497 e. The minimum absolute atomic E-state index is 0.0417. The SMILES string of the molecule is COc1cccc([C@H](C)NC(=O)C2(C)CCCC2N)c1. The summed E-state index contributed by atoms with van der Waals surface area (Å²) in [4.78, 5) is 12.5. The highest BCUT2D eigenvalue weighted by Gasteiger charge is 2.43. The monoisotopic (exact) mass is 276 g/mol. The van der Waals surface area contributed by atoms with Gasteiger partial charge in [0.1, 0.15) is 5.75 Å². The van der Waals surface area contributed by atoms with Crippen LogP contribution < -0.4 is 15.8 Å². The van der Waals surface area contributed by atoms with E-state index in [9.17, 15) is 4.79 Å². The van der Waals surface area contributed by atoms with E-state index < -0.39 is 5.41 Å². The van der Waals surface area contributed by atoms with Crippen LogP contribution in [0.2, 0.25) is 0 Å². The maximum atomic E-state index is 12.5. The molecule has 4 heteroatoms.